The molecule has 0 fully saturated rings. The van der Waals surface area contributed by atoms with Gasteiger partial charge in [0.1, 0.15) is 5.76 Å². The quantitative estimate of drug-likeness (QED) is 0.772. The zero-order valence-corrected chi connectivity index (χ0v) is 10.4. The van der Waals surface area contributed by atoms with Gasteiger partial charge in [0.15, 0.2) is 5.89 Å². The summed E-state index contributed by atoms with van der Waals surface area (Å²) in [5.74, 6) is 1.44. The maximum absolute atomic E-state index is 10.4. The van der Waals surface area contributed by atoms with Gasteiger partial charge in [-0.05, 0) is 12.8 Å². The van der Waals surface area contributed by atoms with Gasteiger partial charge in [-0.1, -0.05) is 13.8 Å². The standard InChI is InChI=1S/C9H16NO5P/c1-6(2)9-7(3)15-8(10-9)4-5-14-16(11,12)13/h6H,4-5H2,1-3H3,(H2,11,12,13). The van der Waals surface area contributed by atoms with Crippen molar-refractivity contribution in [3.63, 3.8) is 0 Å². The van der Waals surface area contributed by atoms with E-state index in [1.54, 1.807) is 0 Å². The van der Waals surface area contributed by atoms with Crippen LogP contribution in [0.4, 0.5) is 0 Å². The first kappa shape index (κ1) is 13.4. The van der Waals surface area contributed by atoms with Crippen molar-refractivity contribution in [2.75, 3.05) is 6.61 Å². The van der Waals surface area contributed by atoms with E-state index in [1.807, 2.05) is 20.8 Å². The first-order chi connectivity index (χ1) is 7.29. The largest absolute Gasteiger partial charge is 0.469 e. The van der Waals surface area contributed by atoms with Gasteiger partial charge in [-0.15, -0.1) is 0 Å². The molecule has 0 aliphatic heterocycles. The van der Waals surface area contributed by atoms with Crippen LogP contribution in [0, 0.1) is 6.92 Å². The van der Waals surface area contributed by atoms with Crippen molar-refractivity contribution in [1.29, 1.82) is 0 Å². The fourth-order valence-corrected chi connectivity index (χ4v) is 1.69. The van der Waals surface area contributed by atoms with E-state index in [1.165, 1.54) is 0 Å². The summed E-state index contributed by atoms with van der Waals surface area (Å²) in [5, 5.41) is 0. The Morgan fingerprint density at radius 1 is 1.50 bits per heavy atom. The molecule has 0 atom stereocenters. The fraction of sp³-hybridized carbons (Fsp3) is 0.667. The highest BCUT2D eigenvalue weighted by Crippen LogP contribution is 2.35. The minimum atomic E-state index is -4.40. The molecule has 0 bridgehead atoms. The molecule has 6 nitrogen and oxygen atoms in total. The molecule has 0 radical (unpaired) electrons. The number of phosphoric ester groups is 1. The molecule has 1 heterocycles. The van der Waals surface area contributed by atoms with Crippen LogP contribution in [0.15, 0.2) is 4.42 Å². The van der Waals surface area contributed by atoms with Crippen molar-refractivity contribution in [1.82, 2.24) is 4.98 Å². The predicted octanol–water partition coefficient (Wildman–Crippen LogP) is 1.76. The number of hydrogen-bond donors (Lipinski definition) is 2. The fourth-order valence-electron chi connectivity index (χ4n) is 1.36. The summed E-state index contributed by atoms with van der Waals surface area (Å²) < 4.78 is 20.1. The molecule has 0 saturated carbocycles. The highest BCUT2D eigenvalue weighted by Gasteiger charge is 2.16. The third kappa shape index (κ3) is 4.06. The number of rotatable bonds is 5. The number of aromatic nitrogens is 1. The molecule has 16 heavy (non-hydrogen) atoms. The monoisotopic (exact) mass is 249 g/mol. The summed E-state index contributed by atoms with van der Waals surface area (Å²) in [7, 11) is -4.40. The van der Waals surface area contributed by atoms with Crippen molar-refractivity contribution in [2.24, 2.45) is 0 Å². The van der Waals surface area contributed by atoms with E-state index in [-0.39, 0.29) is 18.9 Å². The molecule has 0 saturated heterocycles. The zero-order valence-electron chi connectivity index (χ0n) is 9.51. The van der Waals surface area contributed by atoms with Gasteiger partial charge < -0.3 is 14.2 Å². The topological polar surface area (TPSA) is 92.8 Å². The van der Waals surface area contributed by atoms with E-state index in [0.717, 1.165) is 11.5 Å². The lowest BCUT2D eigenvalue weighted by molar-refractivity contribution is 0.195. The molecule has 2 N–H and O–H groups in total. The number of oxazole rings is 1. The lowest BCUT2D eigenvalue weighted by Gasteiger charge is -2.02. The Kier molecular flexibility index (Phi) is 4.27. The van der Waals surface area contributed by atoms with Crippen LogP contribution in [-0.4, -0.2) is 21.4 Å². The number of hydrogen-bond acceptors (Lipinski definition) is 4. The second-order valence-corrected chi connectivity index (χ2v) is 5.02. The average molecular weight is 249 g/mol. The molecule has 92 valence electrons. The third-order valence-electron chi connectivity index (χ3n) is 2.00. The Balaban J connectivity index is 2.56. The Bertz CT molecular complexity index is 395. The molecule has 0 spiro atoms. The Hall–Kier alpha value is -0.680. The highest BCUT2D eigenvalue weighted by atomic mass is 31.2. The number of aryl methyl sites for hydroxylation is 1. The van der Waals surface area contributed by atoms with Crippen LogP contribution in [0.1, 0.15) is 37.1 Å². The van der Waals surface area contributed by atoms with Gasteiger partial charge in [0.2, 0.25) is 0 Å². The van der Waals surface area contributed by atoms with Gasteiger partial charge in [-0.3, -0.25) is 4.52 Å². The molecule has 0 aromatic carbocycles. The lowest BCUT2D eigenvalue weighted by atomic mass is 10.1. The minimum Gasteiger partial charge on any atom is -0.446 e. The van der Waals surface area contributed by atoms with E-state index >= 15 is 0 Å². The van der Waals surface area contributed by atoms with Crippen molar-refractivity contribution >= 4 is 7.82 Å². The van der Waals surface area contributed by atoms with E-state index in [9.17, 15) is 4.57 Å². The maximum Gasteiger partial charge on any atom is 0.469 e. The van der Waals surface area contributed by atoms with Crippen LogP contribution >= 0.6 is 7.82 Å². The van der Waals surface area contributed by atoms with Crippen LogP contribution < -0.4 is 0 Å². The van der Waals surface area contributed by atoms with E-state index in [4.69, 9.17) is 14.2 Å². The van der Waals surface area contributed by atoms with E-state index in [0.29, 0.717) is 5.89 Å². The van der Waals surface area contributed by atoms with E-state index in [2.05, 4.69) is 9.51 Å². The van der Waals surface area contributed by atoms with Gasteiger partial charge in [0.05, 0.1) is 12.3 Å². The molecule has 0 aliphatic rings. The van der Waals surface area contributed by atoms with Crippen LogP contribution in [0.25, 0.3) is 0 Å². The first-order valence-corrected chi connectivity index (χ1v) is 6.49. The molecular weight excluding hydrogens is 233 g/mol. The van der Waals surface area contributed by atoms with Crippen molar-refractivity contribution in [3.05, 3.63) is 17.3 Å². The smallest absolute Gasteiger partial charge is 0.446 e. The van der Waals surface area contributed by atoms with Gasteiger partial charge in [-0.2, -0.15) is 0 Å². The number of nitrogens with zero attached hydrogens (tertiary/aromatic N) is 1. The highest BCUT2D eigenvalue weighted by molar-refractivity contribution is 7.46. The van der Waals surface area contributed by atoms with Crippen LogP contribution in [-0.2, 0) is 15.5 Å². The zero-order chi connectivity index (χ0) is 12.3. The Labute approximate surface area is 93.9 Å². The molecule has 0 aliphatic carbocycles. The third-order valence-corrected chi connectivity index (χ3v) is 2.52. The van der Waals surface area contributed by atoms with Gasteiger partial charge in [0, 0.05) is 6.42 Å². The molecule has 1 aromatic rings. The maximum atomic E-state index is 10.4. The van der Waals surface area contributed by atoms with Crippen molar-refractivity contribution < 1.29 is 23.3 Å². The molecule has 0 unspecified atom stereocenters. The summed E-state index contributed by atoms with van der Waals surface area (Å²) >= 11 is 0. The normalized spacial score (nSPS) is 12.4. The first-order valence-electron chi connectivity index (χ1n) is 4.96. The predicted molar refractivity (Wildman–Crippen MR) is 57.0 cm³/mol. The summed E-state index contributed by atoms with van der Waals surface area (Å²) in [5.41, 5.74) is 0.867. The van der Waals surface area contributed by atoms with Crippen LogP contribution in [0.2, 0.25) is 0 Å². The molecule has 1 aromatic heterocycles. The van der Waals surface area contributed by atoms with Gasteiger partial charge in [-0.25, -0.2) is 9.55 Å². The lowest BCUT2D eigenvalue weighted by Crippen LogP contribution is -1.97. The summed E-state index contributed by atoms with van der Waals surface area (Å²) in [6, 6.07) is 0. The Morgan fingerprint density at radius 2 is 2.12 bits per heavy atom. The molecule has 1 rings (SSSR count). The molecule has 0 amide bonds. The Morgan fingerprint density at radius 3 is 2.56 bits per heavy atom. The number of phosphoric acid groups is 1. The van der Waals surface area contributed by atoms with Gasteiger partial charge in [0.25, 0.3) is 0 Å². The summed E-state index contributed by atoms with van der Waals surface area (Å²) in [6.07, 6.45) is 0.249. The molecular formula is C9H16NO5P. The van der Waals surface area contributed by atoms with Crippen molar-refractivity contribution in [3.8, 4) is 0 Å². The van der Waals surface area contributed by atoms with Crippen molar-refractivity contribution in [2.45, 2.75) is 33.1 Å². The van der Waals surface area contributed by atoms with Gasteiger partial charge >= 0.3 is 7.82 Å². The van der Waals surface area contributed by atoms with Crippen LogP contribution in [0.5, 0.6) is 0 Å². The van der Waals surface area contributed by atoms with Crippen LogP contribution in [0.3, 0.4) is 0 Å². The van der Waals surface area contributed by atoms with E-state index < -0.39 is 7.82 Å². The summed E-state index contributed by atoms with van der Waals surface area (Å²) in [4.78, 5) is 21.2. The minimum absolute atomic E-state index is 0.109. The second kappa shape index (κ2) is 5.10. The average Bonchev–Trinajstić information content (AvgIpc) is 2.44. The SMILES string of the molecule is Cc1oc(CCOP(=O)(O)O)nc1C(C)C. The summed E-state index contributed by atoms with van der Waals surface area (Å²) in [6.45, 7) is 5.71. The second-order valence-electron chi connectivity index (χ2n) is 3.78. The molecule has 7 heteroatoms.